The van der Waals surface area contributed by atoms with E-state index in [-0.39, 0.29) is 24.3 Å². The number of anilines is 1. The van der Waals surface area contributed by atoms with E-state index in [2.05, 4.69) is 10.3 Å². The monoisotopic (exact) mass is 442 g/mol. The first kappa shape index (κ1) is 22.6. The Labute approximate surface area is 184 Å². The van der Waals surface area contributed by atoms with Gasteiger partial charge in [0.1, 0.15) is 17.2 Å². The number of ether oxygens (including phenoxy) is 1. The summed E-state index contributed by atoms with van der Waals surface area (Å²) < 4.78 is 6.46. The van der Waals surface area contributed by atoms with Crippen molar-refractivity contribution in [3.8, 4) is 0 Å². The molecule has 1 aromatic carbocycles. The molecule has 3 aromatic rings. The summed E-state index contributed by atoms with van der Waals surface area (Å²) in [7, 11) is 3.75. The minimum absolute atomic E-state index is 0.212. The molecule has 3 rings (SSSR count). The fourth-order valence-electron chi connectivity index (χ4n) is 3.25. The third-order valence-corrected chi connectivity index (χ3v) is 5.92. The molecule has 0 spiro atoms. The molecule has 2 heterocycles. The number of fused-ring (bicyclic) bond motifs is 1. The Morgan fingerprint density at radius 2 is 1.94 bits per heavy atom. The topological polar surface area (TPSA) is 93.5 Å². The van der Waals surface area contributed by atoms with Crippen LogP contribution < -0.4 is 10.9 Å². The van der Waals surface area contributed by atoms with E-state index in [9.17, 15) is 14.4 Å². The first-order valence-corrected chi connectivity index (χ1v) is 10.7. The molecule has 8 nitrogen and oxygen atoms in total. The molecular weight excluding hydrogens is 416 g/mol. The molecule has 2 aromatic heterocycles. The van der Waals surface area contributed by atoms with Gasteiger partial charge in [-0.3, -0.25) is 14.2 Å². The molecule has 0 saturated carbocycles. The molecule has 1 amide bonds. The number of nitrogens with zero attached hydrogens (tertiary/aromatic N) is 3. The van der Waals surface area contributed by atoms with Crippen LogP contribution in [0.1, 0.15) is 33.5 Å². The highest BCUT2D eigenvalue weighted by Crippen LogP contribution is 2.26. The summed E-state index contributed by atoms with van der Waals surface area (Å²) >= 11 is 1.48. The van der Waals surface area contributed by atoms with Crippen LogP contribution in [-0.4, -0.2) is 47.0 Å². The van der Waals surface area contributed by atoms with Crippen LogP contribution >= 0.6 is 11.3 Å². The maximum atomic E-state index is 13.3. The number of carbonyl (C=O) groups excluding carboxylic acids is 2. The molecule has 0 fully saturated rings. The summed E-state index contributed by atoms with van der Waals surface area (Å²) in [6.45, 7) is 5.99. The summed E-state index contributed by atoms with van der Waals surface area (Å²) in [6.07, 6.45) is 0. The average molecular weight is 443 g/mol. The number of thiophene rings is 1. The van der Waals surface area contributed by atoms with E-state index in [4.69, 9.17) is 4.74 Å². The molecule has 164 valence electrons. The molecule has 0 aliphatic carbocycles. The number of carbonyl (C=O) groups is 2. The second-order valence-electron chi connectivity index (χ2n) is 7.43. The number of esters is 1. The van der Waals surface area contributed by atoms with Crippen LogP contribution in [0, 0.1) is 13.8 Å². The number of hydrogen-bond donors (Lipinski definition) is 1. The average Bonchev–Trinajstić information content (AvgIpc) is 2.98. The third-order valence-electron chi connectivity index (χ3n) is 4.82. The maximum Gasteiger partial charge on any atom is 0.340 e. The Kier molecular flexibility index (Phi) is 6.87. The highest BCUT2D eigenvalue weighted by atomic mass is 32.1. The van der Waals surface area contributed by atoms with Gasteiger partial charge in [-0.1, -0.05) is 12.1 Å². The molecule has 0 atom stereocenters. The summed E-state index contributed by atoms with van der Waals surface area (Å²) in [5.41, 5.74) is 1.24. The van der Waals surface area contributed by atoms with Crippen molar-refractivity contribution in [2.45, 2.75) is 33.9 Å². The van der Waals surface area contributed by atoms with Gasteiger partial charge in [0, 0.05) is 4.88 Å². The standard InChI is InChI=1S/C22H26N4O4S/c1-6-30-22(29)15-9-7-8-10-16(15)23-18(27)12-26-17(11-25(4)5)24-20-19(21(26)28)13(2)14(3)31-20/h7-10H,6,11-12H2,1-5H3,(H,23,27). The largest absolute Gasteiger partial charge is 0.462 e. The Balaban J connectivity index is 1.97. The van der Waals surface area contributed by atoms with Crippen molar-refractivity contribution < 1.29 is 14.3 Å². The second-order valence-corrected chi connectivity index (χ2v) is 8.64. The molecule has 0 unspecified atom stereocenters. The zero-order chi connectivity index (χ0) is 22.7. The number of aryl methyl sites for hydroxylation is 2. The smallest absolute Gasteiger partial charge is 0.340 e. The van der Waals surface area contributed by atoms with Crippen LogP contribution in [0.5, 0.6) is 0 Å². The third kappa shape index (κ3) is 4.83. The number of rotatable bonds is 7. The van der Waals surface area contributed by atoms with Gasteiger partial charge in [-0.2, -0.15) is 0 Å². The highest BCUT2D eigenvalue weighted by molar-refractivity contribution is 7.18. The van der Waals surface area contributed by atoms with E-state index in [1.54, 1.807) is 31.2 Å². The Morgan fingerprint density at radius 3 is 2.61 bits per heavy atom. The normalized spacial score (nSPS) is 11.2. The Bertz CT molecular complexity index is 1200. The number of amides is 1. The van der Waals surface area contributed by atoms with Gasteiger partial charge in [0.15, 0.2) is 0 Å². The summed E-state index contributed by atoms with van der Waals surface area (Å²) in [6, 6.07) is 6.62. The number of para-hydroxylation sites is 1. The van der Waals surface area contributed by atoms with E-state index in [1.165, 1.54) is 15.9 Å². The lowest BCUT2D eigenvalue weighted by Gasteiger charge is -2.16. The number of benzene rings is 1. The molecule has 9 heteroatoms. The Morgan fingerprint density at radius 1 is 1.23 bits per heavy atom. The minimum Gasteiger partial charge on any atom is -0.462 e. The van der Waals surface area contributed by atoms with E-state index in [0.29, 0.717) is 28.3 Å². The molecule has 0 aliphatic heterocycles. The van der Waals surface area contributed by atoms with Crippen LogP contribution in [0.2, 0.25) is 0 Å². The minimum atomic E-state index is -0.517. The number of nitrogens with one attached hydrogen (secondary N) is 1. The van der Waals surface area contributed by atoms with Crippen molar-refractivity contribution in [3.05, 3.63) is 56.4 Å². The molecule has 1 N–H and O–H groups in total. The summed E-state index contributed by atoms with van der Waals surface area (Å²) in [5, 5.41) is 3.28. The molecule has 0 saturated heterocycles. The van der Waals surface area contributed by atoms with Gasteiger partial charge in [0.25, 0.3) is 5.56 Å². The van der Waals surface area contributed by atoms with Gasteiger partial charge in [-0.25, -0.2) is 9.78 Å². The summed E-state index contributed by atoms with van der Waals surface area (Å²) in [4.78, 5) is 46.6. The van der Waals surface area contributed by atoms with E-state index in [0.717, 1.165) is 10.4 Å². The fraction of sp³-hybridized carbons (Fsp3) is 0.364. The summed E-state index contributed by atoms with van der Waals surface area (Å²) in [5.74, 6) is -0.432. The van der Waals surface area contributed by atoms with Gasteiger partial charge in [-0.05, 0) is 52.6 Å². The van der Waals surface area contributed by atoms with E-state index in [1.807, 2.05) is 32.8 Å². The van der Waals surface area contributed by atoms with Crippen LogP contribution in [0.4, 0.5) is 5.69 Å². The van der Waals surface area contributed by atoms with Crippen molar-refractivity contribution in [1.82, 2.24) is 14.5 Å². The van der Waals surface area contributed by atoms with Crippen LogP contribution in [0.15, 0.2) is 29.1 Å². The first-order valence-electron chi connectivity index (χ1n) is 9.93. The quantitative estimate of drug-likeness (QED) is 0.566. The van der Waals surface area contributed by atoms with Gasteiger partial charge >= 0.3 is 5.97 Å². The fourth-order valence-corrected chi connectivity index (χ4v) is 4.29. The van der Waals surface area contributed by atoms with Crippen molar-refractivity contribution >= 4 is 39.1 Å². The lowest BCUT2D eigenvalue weighted by Crippen LogP contribution is -2.33. The molecule has 0 radical (unpaired) electrons. The van der Waals surface area contributed by atoms with Gasteiger partial charge in [-0.15, -0.1) is 11.3 Å². The highest BCUT2D eigenvalue weighted by Gasteiger charge is 2.20. The zero-order valence-corrected chi connectivity index (χ0v) is 19.1. The van der Waals surface area contributed by atoms with Crippen molar-refractivity contribution in [1.29, 1.82) is 0 Å². The zero-order valence-electron chi connectivity index (χ0n) is 18.3. The molecule has 0 aliphatic rings. The SMILES string of the molecule is CCOC(=O)c1ccccc1NC(=O)Cn1c(CN(C)C)nc2sc(C)c(C)c2c1=O. The molecular formula is C22H26N4O4S. The van der Waals surface area contributed by atoms with Crippen LogP contribution in [-0.2, 0) is 22.6 Å². The predicted molar refractivity (Wildman–Crippen MR) is 122 cm³/mol. The first-order chi connectivity index (χ1) is 14.7. The number of hydrogen-bond acceptors (Lipinski definition) is 7. The van der Waals surface area contributed by atoms with Gasteiger partial charge in [0.2, 0.25) is 5.91 Å². The van der Waals surface area contributed by atoms with E-state index < -0.39 is 11.9 Å². The van der Waals surface area contributed by atoms with Gasteiger partial charge in [0.05, 0.1) is 29.8 Å². The van der Waals surface area contributed by atoms with Crippen molar-refractivity contribution in [2.75, 3.05) is 26.0 Å². The van der Waals surface area contributed by atoms with Gasteiger partial charge < -0.3 is 15.0 Å². The molecule has 31 heavy (non-hydrogen) atoms. The van der Waals surface area contributed by atoms with E-state index >= 15 is 0 Å². The van der Waals surface area contributed by atoms with Crippen molar-refractivity contribution in [2.24, 2.45) is 0 Å². The lowest BCUT2D eigenvalue weighted by molar-refractivity contribution is -0.116. The maximum absolute atomic E-state index is 13.3. The predicted octanol–water partition coefficient (Wildman–Crippen LogP) is 2.95. The van der Waals surface area contributed by atoms with Crippen LogP contribution in [0.25, 0.3) is 10.2 Å². The van der Waals surface area contributed by atoms with Crippen molar-refractivity contribution in [3.63, 3.8) is 0 Å². The lowest BCUT2D eigenvalue weighted by atomic mass is 10.2. The molecule has 0 bridgehead atoms. The second kappa shape index (κ2) is 9.40. The Hall–Kier alpha value is -3.04. The number of aromatic nitrogens is 2. The van der Waals surface area contributed by atoms with Crippen LogP contribution in [0.3, 0.4) is 0 Å².